The summed E-state index contributed by atoms with van der Waals surface area (Å²) in [4.78, 5) is 13.8. The van der Waals surface area contributed by atoms with Crippen LogP contribution in [0.25, 0.3) is 0 Å². The second-order valence-corrected chi connectivity index (χ2v) is 6.94. The molecule has 0 atom stereocenters. The predicted octanol–water partition coefficient (Wildman–Crippen LogP) is 4.21. The topological polar surface area (TPSA) is 50.7 Å². The fourth-order valence-corrected chi connectivity index (χ4v) is 3.78. The largest absolute Gasteiger partial charge is 0.493 e. The van der Waals surface area contributed by atoms with Gasteiger partial charge < -0.3 is 19.3 Å². The third kappa shape index (κ3) is 3.83. The second kappa shape index (κ2) is 8.39. The highest BCUT2D eigenvalue weighted by atomic mass is 16.5. The van der Waals surface area contributed by atoms with Crippen molar-refractivity contribution in [3.05, 3.63) is 65.9 Å². The lowest BCUT2D eigenvalue weighted by molar-refractivity contribution is 0.353. The molecule has 2 aromatic carbocycles. The molecule has 29 heavy (non-hydrogen) atoms. The molecule has 0 N–H and O–H groups in total. The maximum absolute atomic E-state index is 5.48. The van der Waals surface area contributed by atoms with Crippen LogP contribution in [0.5, 0.6) is 11.5 Å². The maximum Gasteiger partial charge on any atom is 0.227 e. The SMILES string of the molecule is CCN(c1ccccc1)c1ccnc(N2CCc3cc(OC)c(OC)cc3C2)n1. The number of hydrogen-bond donors (Lipinski definition) is 0. The van der Waals surface area contributed by atoms with Crippen LogP contribution in [0.2, 0.25) is 0 Å². The van der Waals surface area contributed by atoms with E-state index >= 15 is 0 Å². The number of ether oxygens (including phenoxy) is 2. The molecule has 0 aliphatic carbocycles. The summed E-state index contributed by atoms with van der Waals surface area (Å²) in [5.41, 5.74) is 3.63. The summed E-state index contributed by atoms with van der Waals surface area (Å²) in [6.07, 6.45) is 2.76. The van der Waals surface area contributed by atoms with Crippen LogP contribution in [0.1, 0.15) is 18.1 Å². The zero-order valence-electron chi connectivity index (χ0n) is 17.1. The average Bonchev–Trinajstić information content (AvgIpc) is 2.79. The first-order valence-electron chi connectivity index (χ1n) is 9.87. The van der Waals surface area contributed by atoms with Crippen LogP contribution in [-0.4, -0.2) is 37.3 Å². The van der Waals surface area contributed by atoms with Crippen LogP contribution in [0.3, 0.4) is 0 Å². The zero-order chi connectivity index (χ0) is 20.2. The number of aromatic nitrogens is 2. The Morgan fingerprint density at radius 3 is 2.41 bits per heavy atom. The Morgan fingerprint density at radius 2 is 1.72 bits per heavy atom. The summed E-state index contributed by atoms with van der Waals surface area (Å²) in [6.45, 7) is 4.58. The van der Waals surface area contributed by atoms with E-state index in [2.05, 4.69) is 46.0 Å². The molecule has 0 amide bonds. The first-order valence-corrected chi connectivity index (χ1v) is 9.87. The first kappa shape index (κ1) is 19.1. The summed E-state index contributed by atoms with van der Waals surface area (Å²) in [7, 11) is 3.34. The molecule has 0 saturated carbocycles. The van der Waals surface area contributed by atoms with Crippen molar-refractivity contribution in [2.24, 2.45) is 0 Å². The van der Waals surface area contributed by atoms with Gasteiger partial charge in [0.15, 0.2) is 11.5 Å². The number of hydrogen-bond acceptors (Lipinski definition) is 6. The molecule has 1 aromatic heterocycles. The Labute approximate surface area is 171 Å². The number of rotatable bonds is 6. The molecular formula is C23H26N4O2. The van der Waals surface area contributed by atoms with Crippen molar-refractivity contribution < 1.29 is 9.47 Å². The summed E-state index contributed by atoms with van der Waals surface area (Å²) in [5.74, 6) is 3.18. The Balaban J connectivity index is 1.61. The maximum atomic E-state index is 5.48. The normalized spacial score (nSPS) is 13.0. The Hall–Kier alpha value is -3.28. The van der Waals surface area contributed by atoms with Gasteiger partial charge in [0.2, 0.25) is 5.95 Å². The van der Waals surface area contributed by atoms with Gasteiger partial charge in [0.1, 0.15) is 5.82 Å². The van der Waals surface area contributed by atoms with Gasteiger partial charge in [0.05, 0.1) is 14.2 Å². The van der Waals surface area contributed by atoms with Crippen LogP contribution >= 0.6 is 0 Å². The lowest BCUT2D eigenvalue weighted by Crippen LogP contribution is -2.32. The van der Waals surface area contributed by atoms with Crippen molar-refractivity contribution in [1.82, 2.24) is 9.97 Å². The highest BCUT2D eigenvalue weighted by Gasteiger charge is 2.22. The Bertz CT molecular complexity index is 978. The Kier molecular flexibility index (Phi) is 5.51. The van der Waals surface area contributed by atoms with Crippen LogP contribution in [0.15, 0.2) is 54.7 Å². The number of methoxy groups -OCH3 is 2. The van der Waals surface area contributed by atoms with Crippen LogP contribution in [-0.2, 0) is 13.0 Å². The summed E-state index contributed by atoms with van der Waals surface area (Å²) in [5, 5.41) is 0. The molecule has 0 bridgehead atoms. The molecule has 0 fully saturated rings. The van der Waals surface area contributed by atoms with Crippen molar-refractivity contribution >= 4 is 17.5 Å². The van der Waals surface area contributed by atoms with E-state index in [1.807, 2.05) is 30.5 Å². The van der Waals surface area contributed by atoms with Crippen LogP contribution in [0, 0.1) is 0 Å². The van der Waals surface area contributed by atoms with Crippen molar-refractivity contribution in [2.45, 2.75) is 19.9 Å². The van der Waals surface area contributed by atoms with E-state index in [1.165, 1.54) is 11.1 Å². The van der Waals surface area contributed by atoms with Gasteiger partial charge >= 0.3 is 0 Å². The Morgan fingerprint density at radius 1 is 1.00 bits per heavy atom. The quantitative estimate of drug-likeness (QED) is 0.628. The second-order valence-electron chi connectivity index (χ2n) is 6.94. The van der Waals surface area contributed by atoms with Gasteiger partial charge in [-0.25, -0.2) is 4.98 Å². The molecule has 0 unspecified atom stereocenters. The molecular weight excluding hydrogens is 364 g/mol. The minimum atomic E-state index is 0.747. The van der Waals surface area contributed by atoms with E-state index in [9.17, 15) is 0 Å². The van der Waals surface area contributed by atoms with E-state index in [4.69, 9.17) is 14.5 Å². The lowest BCUT2D eigenvalue weighted by atomic mass is 9.99. The fraction of sp³-hybridized carbons (Fsp3) is 0.304. The average molecular weight is 390 g/mol. The third-order valence-corrected chi connectivity index (χ3v) is 5.29. The van der Waals surface area contributed by atoms with Crippen LogP contribution in [0.4, 0.5) is 17.5 Å². The standard InChI is InChI=1S/C23H26N4O2/c1-4-27(19-8-6-5-7-9-19)22-10-12-24-23(25-22)26-13-11-17-14-20(28-2)21(29-3)15-18(17)16-26/h5-10,12,14-15H,4,11,13,16H2,1-3H3. The first-order chi connectivity index (χ1) is 14.2. The summed E-state index contributed by atoms with van der Waals surface area (Å²) < 4.78 is 10.9. The van der Waals surface area contributed by atoms with Gasteiger partial charge in [-0.15, -0.1) is 0 Å². The molecule has 6 nitrogen and oxygen atoms in total. The number of para-hydroxylation sites is 1. The zero-order valence-corrected chi connectivity index (χ0v) is 17.1. The van der Waals surface area contributed by atoms with Gasteiger partial charge in [-0.1, -0.05) is 18.2 Å². The monoisotopic (exact) mass is 390 g/mol. The molecule has 1 aliphatic heterocycles. The van der Waals surface area contributed by atoms with Gasteiger partial charge in [-0.3, -0.25) is 0 Å². The number of nitrogens with zero attached hydrogens (tertiary/aromatic N) is 4. The van der Waals surface area contributed by atoms with E-state index in [0.29, 0.717) is 0 Å². The third-order valence-electron chi connectivity index (χ3n) is 5.29. The lowest BCUT2D eigenvalue weighted by Gasteiger charge is -2.30. The van der Waals surface area contributed by atoms with E-state index in [1.54, 1.807) is 14.2 Å². The van der Waals surface area contributed by atoms with Gasteiger partial charge in [-0.2, -0.15) is 4.98 Å². The van der Waals surface area contributed by atoms with Gasteiger partial charge in [0.25, 0.3) is 0 Å². The number of fused-ring (bicyclic) bond motifs is 1. The van der Waals surface area contributed by atoms with Gasteiger partial charge in [0, 0.05) is 31.5 Å². The smallest absolute Gasteiger partial charge is 0.227 e. The van der Waals surface area contributed by atoms with Gasteiger partial charge in [-0.05, 0) is 54.8 Å². The highest BCUT2D eigenvalue weighted by molar-refractivity contribution is 5.60. The minimum absolute atomic E-state index is 0.747. The molecule has 1 aliphatic rings. The summed E-state index contributed by atoms with van der Waals surface area (Å²) >= 11 is 0. The predicted molar refractivity (Wildman–Crippen MR) is 115 cm³/mol. The molecule has 4 rings (SSSR count). The minimum Gasteiger partial charge on any atom is -0.493 e. The summed E-state index contributed by atoms with van der Waals surface area (Å²) in [6, 6.07) is 16.4. The van der Waals surface area contributed by atoms with Crippen molar-refractivity contribution in [3.8, 4) is 11.5 Å². The van der Waals surface area contributed by atoms with E-state index < -0.39 is 0 Å². The highest BCUT2D eigenvalue weighted by Crippen LogP contribution is 2.34. The molecule has 0 radical (unpaired) electrons. The number of anilines is 3. The molecule has 6 heteroatoms. The van der Waals surface area contributed by atoms with Crippen molar-refractivity contribution in [1.29, 1.82) is 0 Å². The fourth-order valence-electron chi connectivity index (χ4n) is 3.78. The molecule has 150 valence electrons. The molecule has 0 saturated heterocycles. The molecule has 3 aromatic rings. The van der Waals surface area contributed by atoms with Crippen molar-refractivity contribution in [3.63, 3.8) is 0 Å². The van der Waals surface area contributed by atoms with E-state index in [0.717, 1.165) is 55.0 Å². The number of benzene rings is 2. The molecule has 2 heterocycles. The van der Waals surface area contributed by atoms with E-state index in [-0.39, 0.29) is 0 Å². The van der Waals surface area contributed by atoms with Crippen molar-refractivity contribution in [2.75, 3.05) is 37.1 Å². The molecule has 0 spiro atoms. The van der Waals surface area contributed by atoms with Crippen LogP contribution < -0.4 is 19.3 Å².